The summed E-state index contributed by atoms with van der Waals surface area (Å²) in [4.78, 5) is 13.1. The number of hydrogen-bond acceptors (Lipinski definition) is 5. The van der Waals surface area contributed by atoms with Gasteiger partial charge in [-0.05, 0) is 30.3 Å². The van der Waals surface area contributed by atoms with Gasteiger partial charge in [0.25, 0.3) is 0 Å². The van der Waals surface area contributed by atoms with Gasteiger partial charge in [0.05, 0.1) is 18.6 Å². The van der Waals surface area contributed by atoms with Crippen molar-refractivity contribution < 1.29 is 22.7 Å². The van der Waals surface area contributed by atoms with Crippen molar-refractivity contribution in [2.75, 3.05) is 25.2 Å². The van der Waals surface area contributed by atoms with Crippen LogP contribution in [0, 0.1) is 0 Å². The van der Waals surface area contributed by atoms with E-state index in [9.17, 15) is 13.2 Å². The fourth-order valence-electron chi connectivity index (χ4n) is 2.54. The van der Waals surface area contributed by atoms with Crippen LogP contribution in [-0.4, -0.2) is 34.8 Å². The summed E-state index contributed by atoms with van der Waals surface area (Å²) in [5.74, 6) is 0.619. The van der Waals surface area contributed by atoms with Crippen LogP contribution in [-0.2, 0) is 21.3 Å². The molecule has 2 aromatic carbocycles. The highest BCUT2D eigenvalue weighted by Gasteiger charge is 2.24. The summed E-state index contributed by atoms with van der Waals surface area (Å²) in [5.41, 5.74) is 1.34. The van der Waals surface area contributed by atoms with Crippen LogP contribution in [0.4, 0.5) is 10.5 Å². The molecule has 2 aromatic rings. The number of rotatable bonds is 6. The maximum atomic E-state index is 12.4. The predicted octanol–water partition coefficient (Wildman–Crippen LogP) is 2.13. The van der Waals surface area contributed by atoms with Crippen LogP contribution < -0.4 is 14.4 Å². The third-order valence-electron chi connectivity index (χ3n) is 3.86. The van der Waals surface area contributed by atoms with Gasteiger partial charge in [-0.3, -0.25) is 4.90 Å². The van der Waals surface area contributed by atoms with E-state index in [4.69, 9.17) is 9.47 Å². The minimum absolute atomic E-state index is 0.118. The number of cyclic esters (lactones) is 1. The first-order chi connectivity index (χ1) is 12.0. The molecule has 1 amide bonds. The topological polar surface area (TPSA) is 84.9 Å². The van der Waals surface area contributed by atoms with Gasteiger partial charge in [0, 0.05) is 17.8 Å². The van der Waals surface area contributed by atoms with Gasteiger partial charge in [-0.15, -0.1) is 0 Å². The Morgan fingerprint density at radius 2 is 1.88 bits per heavy atom. The molecule has 0 aliphatic carbocycles. The third-order valence-corrected chi connectivity index (χ3v) is 5.28. The molecule has 0 radical (unpaired) electrons. The van der Waals surface area contributed by atoms with E-state index in [0.29, 0.717) is 24.6 Å². The van der Waals surface area contributed by atoms with Crippen LogP contribution in [0.3, 0.4) is 0 Å². The van der Waals surface area contributed by atoms with Gasteiger partial charge in [-0.1, -0.05) is 18.2 Å². The molecule has 3 rings (SSSR count). The molecule has 7 nitrogen and oxygen atoms in total. The Bertz CT molecular complexity index is 865. The SMILES string of the molecule is COc1ccccc1CNS(=O)(=O)c1ccc(N2CCOC2=O)cc1. The average Bonchev–Trinajstić information content (AvgIpc) is 3.06. The minimum Gasteiger partial charge on any atom is -0.496 e. The average molecular weight is 362 g/mol. The van der Waals surface area contributed by atoms with Crippen LogP contribution in [0.1, 0.15) is 5.56 Å². The molecule has 0 aromatic heterocycles. The molecule has 1 aliphatic rings. The molecule has 1 heterocycles. The first-order valence-electron chi connectivity index (χ1n) is 7.67. The molecule has 0 spiro atoms. The highest BCUT2D eigenvalue weighted by Crippen LogP contribution is 2.22. The van der Waals surface area contributed by atoms with Gasteiger partial charge in [-0.25, -0.2) is 17.9 Å². The zero-order chi connectivity index (χ0) is 17.9. The minimum atomic E-state index is -3.68. The Kier molecular flexibility index (Phi) is 4.91. The molecule has 1 fully saturated rings. The van der Waals surface area contributed by atoms with Crippen LogP contribution in [0.2, 0.25) is 0 Å². The standard InChI is InChI=1S/C17H18N2O5S/c1-23-16-5-3-2-4-13(16)12-18-25(21,22)15-8-6-14(7-9-15)19-10-11-24-17(19)20/h2-9,18H,10-12H2,1H3. The number of anilines is 1. The van der Waals surface area contributed by atoms with E-state index in [-0.39, 0.29) is 11.4 Å². The fourth-order valence-corrected chi connectivity index (χ4v) is 3.54. The lowest BCUT2D eigenvalue weighted by molar-refractivity contribution is 0.181. The monoisotopic (exact) mass is 362 g/mol. The van der Waals surface area contributed by atoms with Crippen molar-refractivity contribution >= 4 is 21.8 Å². The number of hydrogen-bond donors (Lipinski definition) is 1. The second kappa shape index (κ2) is 7.12. The van der Waals surface area contributed by atoms with Crippen LogP contribution >= 0.6 is 0 Å². The van der Waals surface area contributed by atoms with Crippen molar-refractivity contribution in [3.05, 3.63) is 54.1 Å². The summed E-state index contributed by atoms with van der Waals surface area (Å²) in [6.07, 6.45) is -0.426. The summed E-state index contributed by atoms with van der Waals surface area (Å²) >= 11 is 0. The Balaban J connectivity index is 1.72. The number of ether oxygens (including phenoxy) is 2. The zero-order valence-corrected chi connectivity index (χ0v) is 14.5. The van der Waals surface area contributed by atoms with Crippen LogP contribution in [0.25, 0.3) is 0 Å². The largest absolute Gasteiger partial charge is 0.496 e. The maximum absolute atomic E-state index is 12.4. The van der Waals surface area contributed by atoms with Crippen molar-refractivity contribution in [3.8, 4) is 5.75 Å². The Labute approximate surface area is 146 Å². The van der Waals surface area contributed by atoms with Crippen molar-refractivity contribution in [3.63, 3.8) is 0 Å². The molecule has 1 N–H and O–H groups in total. The normalized spacial score (nSPS) is 14.4. The van der Waals surface area contributed by atoms with Crippen molar-refractivity contribution in [2.45, 2.75) is 11.4 Å². The number of benzene rings is 2. The van der Waals surface area contributed by atoms with Gasteiger partial charge in [-0.2, -0.15) is 0 Å². The lowest BCUT2D eigenvalue weighted by Gasteiger charge is -2.14. The van der Waals surface area contributed by atoms with Gasteiger partial charge in [0.2, 0.25) is 10.0 Å². The van der Waals surface area contributed by atoms with E-state index in [2.05, 4.69) is 4.72 Å². The summed E-state index contributed by atoms with van der Waals surface area (Å²) in [5, 5.41) is 0. The van der Waals surface area contributed by atoms with Crippen molar-refractivity contribution in [2.24, 2.45) is 0 Å². The van der Waals surface area contributed by atoms with Crippen LogP contribution in [0.15, 0.2) is 53.4 Å². The van der Waals surface area contributed by atoms with Crippen LogP contribution in [0.5, 0.6) is 5.75 Å². The zero-order valence-electron chi connectivity index (χ0n) is 13.6. The highest BCUT2D eigenvalue weighted by atomic mass is 32.2. The van der Waals surface area contributed by atoms with Gasteiger partial charge < -0.3 is 9.47 Å². The molecule has 132 valence electrons. The molecule has 1 saturated heterocycles. The molecule has 25 heavy (non-hydrogen) atoms. The first kappa shape index (κ1) is 17.2. The summed E-state index contributed by atoms with van der Waals surface area (Å²) in [7, 11) is -2.14. The van der Waals surface area contributed by atoms with E-state index < -0.39 is 16.1 Å². The number of carbonyl (C=O) groups excluding carboxylic acids is 1. The Morgan fingerprint density at radius 3 is 2.52 bits per heavy atom. The lowest BCUT2D eigenvalue weighted by atomic mass is 10.2. The number of nitrogens with one attached hydrogen (secondary N) is 1. The fraction of sp³-hybridized carbons (Fsp3) is 0.235. The van der Waals surface area contributed by atoms with Gasteiger partial charge in [0.15, 0.2) is 0 Å². The van der Waals surface area contributed by atoms with Gasteiger partial charge >= 0.3 is 6.09 Å². The van der Waals surface area contributed by atoms with Crippen molar-refractivity contribution in [1.82, 2.24) is 4.72 Å². The lowest BCUT2D eigenvalue weighted by Crippen LogP contribution is -2.25. The van der Waals surface area contributed by atoms with E-state index in [1.165, 1.54) is 24.1 Å². The second-order valence-corrected chi connectivity index (χ2v) is 7.16. The molecule has 1 aliphatic heterocycles. The molecular weight excluding hydrogens is 344 g/mol. The highest BCUT2D eigenvalue weighted by molar-refractivity contribution is 7.89. The molecule has 0 bridgehead atoms. The number of sulfonamides is 1. The molecule has 0 saturated carbocycles. The summed E-state index contributed by atoms with van der Waals surface area (Å²) in [6, 6.07) is 13.3. The molecule has 0 unspecified atom stereocenters. The Hall–Kier alpha value is -2.58. The van der Waals surface area contributed by atoms with Gasteiger partial charge in [0.1, 0.15) is 12.4 Å². The Morgan fingerprint density at radius 1 is 1.16 bits per heavy atom. The smallest absolute Gasteiger partial charge is 0.414 e. The number of methoxy groups -OCH3 is 1. The number of carbonyl (C=O) groups is 1. The summed E-state index contributed by atoms with van der Waals surface area (Å²) < 4.78 is 37.5. The molecule has 8 heteroatoms. The molecular formula is C17H18N2O5S. The van der Waals surface area contributed by atoms with Crippen molar-refractivity contribution in [1.29, 1.82) is 0 Å². The maximum Gasteiger partial charge on any atom is 0.414 e. The summed E-state index contributed by atoms with van der Waals surface area (Å²) in [6.45, 7) is 0.906. The third kappa shape index (κ3) is 3.75. The second-order valence-electron chi connectivity index (χ2n) is 5.40. The van der Waals surface area contributed by atoms with E-state index in [1.54, 1.807) is 24.3 Å². The van der Waals surface area contributed by atoms with E-state index >= 15 is 0 Å². The molecule has 0 atom stereocenters. The predicted molar refractivity (Wildman–Crippen MR) is 92.2 cm³/mol. The number of para-hydroxylation sites is 1. The number of amides is 1. The van der Waals surface area contributed by atoms with E-state index in [0.717, 1.165) is 5.56 Å². The van der Waals surface area contributed by atoms with E-state index in [1.807, 2.05) is 12.1 Å². The first-order valence-corrected chi connectivity index (χ1v) is 9.15. The number of nitrogens with zero attached hydrogens (tertiary/aromatic N) is 1. The quantitative estimate of drug-likeness (QED) is 0.851.